The minimum absolute atomic E-state index is 0. The second kappa shape index (κ2) is 11.9. The van der Waals surface area contributed by atoms with E-state index >= 15 is 0 Å². The molecular formula is C36H35BN5OPt-3. The predicted molar refractivity (Wildman–Crippen MR) is 177 cm³/mol. The van der Waals surface area contributed by atoms with Crippen LogP contribution < -0.4 is 24.8 Å². The van der Waals surface area contributed by atoms with Crippen LogP contribution in [0.2, 0.25) is 0 Å². The molecule has 5 aromatic rings. The Kier molecular flexibility index (Phi) is 8.11. The van der Waals surface area contributed by atoms with Gasteiger partial charge >= 0.3 is 6.98 Å². The van der Waals surface area contributed by atoms with E-state index in [-0.39, 0.29) is 28.0 Å². The van der Waals surface area contributed by atoms with Crippen LogP contribution in [0.4, 0.5) is 22.7 Å². The van der Waals surface area contributed by atoms with Crippen LogP contribution in [0.25, 0.3) is 11.4 Å². The van der Waals surface area contributed by atoms with Crippen molar-refractivity contribution in [2.24, 2.45) is 0 Å². The van der Waals surface area contributed by atoms with Crippen LogP contribution in [0, 0.1) is 18.8 Å². The molecule has 0 radical (unpaired) electrons. The quantitative estimate of drug-likeness (QED) is 0.132. The van der Waals surface area contributed by atoms with Gasteiger partial charge in [-0.25, -0.2) is 0 Å². The number of ether oxygens (including phenoxy) is 1. The zero-order valence-electron chi connectivity index (χ0n) is 25.9. The van der Waals surface area contributed by atoms with Gasteiger partial charge in [0.25, 0.3) is 0 Å². The number of aromatic nitrogens is 2. The Balaban J connectivity index is 0.00000343. The van der Waals surface area contributed by atoms with Gasteiger partial charge in [-0.2, -0.15) is 12.7 Å². The summed E-state index contributed by atoms with van der Waals surface area (Å²) in [6, 6.07) is 32.2. The number of anilines is 4. The van der Waals surface area contributed by atoms with E-state index in [1.807, 2.05) is 30.5 Å². The molecule has 0 spiro atoms. The Morgan fingerprint density at radius 3 is 2.18 bits per heavy atom. The summed E-state index contributed by atoms with van der Waals surface area (Å²) in [5.74, 6) is 2.95. The fourth-order valence-electron chi connectivity index (χ4n) is 6.46. The molecule has 0 saturated carbocycles. The molecule has 226 valence electrons. The van der Waals surface area contributed by atoms with Crippen molar-refractivity contribution in [2.45, 2.75) is 39.5 Å². The van der Waals surface area contributed by atoms with Crippen molar-refractivity contribution in [3.8, 4) is 22.9 Å². The van der Waals surface area contributed by atoms with E-state index in [1.54, 1.807) is 0 Å². The van der Waals surface area contributed by atoms with Crippen molar-refractivity contribution in [2.75, 3.05) is 28.7 Å². The molecule has 0 N–H and O–H groups in total. The van der Waals surface area contributed by atoms with Crippen molar-refractivity contribution in [3.63, 3.8) is 0 Å². The number of para-hydroxylation sites is 2. The zero-order valence-corrected chi connectivity index (χ0v) is 28.1. The summed E-state index contributed by atoms with van der Waals surface area (Å²) < 4.78 is 8.66. The van der Waals surface area contributed by atoms with Gasteiger partial charge in [0, 0.05) is 62.2 Å². The second-order valence-electron chi connectivity index (χ2n) is 12.0. The summed E-state index contributed by atoms with van der Waals surface area (Å²) in [6.07, 6.45) is 3.97. The SMILES string of the molecule is CC(C)c1cccc(C(C)C)c1B1N(C)c2ccc(Oc3[c-]c(N4[CH-]N(C)c5ccccc54)ccc3)[c-]c2-c2nccn21.[Pt]. The number of benzene rings is 4. The molecule has 8 heteroatoms. The van der Waals surface area contributed by atoms with Gasteiger partial charge < -0.3 is 23.8 Å². The average Bonchev–Trinajstić information content (AvgIpc) is 3.62. The van der Waals surface area contributed by atoms with Gasteiger partial charge in [-0.15, -0.1) is 30.0 Å². The Hall–Kier alpha value is -3.96. The number of hydrogen-bond acceptors (Lipinski definition) is 5. The van der Waals surface area contributed by atoms with Gasteiger partial charge in [0.15, 0.2) is 0 Å². The maximum absolute atomic E-state index is 6.38. The van der Waals surface area contributed by atoms with Gasteiger partial charge in [0.05, 0.1) is 0 Å². The first-order chi connectivity index (χ1) is 20.8. The molecule has 3 heterocycles. The molecule has 44 heavy (non-hydrogen) atoms. The molecule has 2 aliphatic heterocycles. The van der Waals surface area contributed by atoms with Crippen molar-refractivity contribution in [3.05, 3.63) is 115 Å². The minimum Gasteiger partial charge on any atom is -0.504 e. The van der Waals surface area contributed by atoms with Crippen LogP contribution in [0.3, 0.4) is 0 Å². The molecule has 0 bridgehead atoms. The van der Waals surface area contributed by atoms with E-state index < -0.39 is 0 Å². The normalized spacial score (nSPS) is 13.6. The summed E-state index contributed by atoms with van der Waals surface area (Å²) in [5.41, 5.74) is 9.28. The summed E-state index contributed by atoms with van der Waals surface area (Å²) >= 11 is 0. The topological polar surface area (TPSA) is 36.8 Å². The molecule has 0 atom stereocenters. The summed E-state index contributed by atoms with van der Waals surface area (Å²) in [6.45, 7) is 11.2. The monoisotopic (exact) mass is 759 g/mol. The maximum atomic E-state index is 6.38. The molecule has 1 aromatic heterocycles. The van der Waals surface area contributed by atoms with E-state index in [9.17, 15) is 0 Å². The number of hydrogen-bond donors (Lipinski definition) is 0. The molecule has 0 saturated heterocycles. The van der Waals surface area contributed by atoms with Gasteiger partial charge in [-0.05, 0) is 54.7 Å². The maximum Gasteiger partial charge on any atom is 0.399 e. The van der Waals surface area contributed by atoms with Crippen molar-refractivity contribution >= 4 is 35.2 Å². The van der Waals surface area contributed by atoms with E-state index in [0.29, 0.717) is 23.3 Å². The second-order valence-corrected chi connectivity index (χ2v) is 12.0. The third kappa shape index (κ3) is 5.01. The van der Waals surface area contributed by atoms with Crippen LogP contribution in [0.1, 0.15) is 50.7 Å². The van der Waals surface area contributed by atoms with Gasteiger partial charge in [-0.1, -0.05) is 81.4 Å². The predicted octanol–water partition coefficient (Wildman–Crippen LogP) is 7.59. The summed E-state index contributed by atoms with van der Waals surface area (Å²) in [7, 11) is 4.22. The molecular weight excluding hydrogens is 724 g/mol. The van der Waals surface area contributed by atoms with Crippen LogP contribution >= 0.6 is 0 Å². The zero-order chi connectivity index (χ0) is 29.8. The fourth-order valence-corrected chi connectivity index (χ4v) is 6.46. The van der Waals surface area contributed by atoms with Gasteiger partial charge in [0.1, 0.15) is 0 Å². The smallest absolute Gasteiger partial charge is 0.399 e. The van der Waals surface area contributed by atoms with E-state index in [2.05, 4.69) is 134 Å². The molecule has 4 aromatic carbocycles. The Labute approximate surface area is 275 Å². The average molecular weight is 760 g/mol. The number of nitrogens with zero attached hydrogens (tertiary/aromatic N) is 5. The van der Waals surface area contributed by atoms with Crippen molar-refractivity contribution in [1.82, 2.24) is 9.46 Å². The third-order valence-corrected chi connectivity index (χ3v) is 8.52. The van der Waals surface area contributed by atoms with Crippen LogP contribution in [0.15, 0.2) is 85.2 Å². The van der Waals surface area contributed by atoms with Crippen LogP contribution in [0.5, 0.6) is 11.5 Å². The van der Waals surface area contributed by atoms with Crippen molar-refractivity contribution < 1.29 is 25.8 Å². The molecule has 7 rings (SSSR count). The molecule has 0 aliphatic carbocycles. The van der Waals surface area contributed by atoms with E-state index in [0.717, 1.165) is 34.1 Å². The first-order valence-electron chi connectivity index (χ1n) is 14.9. The third-order valence-electron chi connectivity index (χ3n) is 8.52. The number of fused-ring (bicyclic) bond motifs is 4. The Morgan fingerprint density at radius 1 is 0.773 bits per heavy atom. The Morgan fingerprint density at radius 2 is 1.45 bits per heavy atom. The van der Waals surface area contributed by atoms with Gasteiger partial charge in [0.2, 0.25) is 0 Å². The molecule has 0 fully saturated rings. The van der Waals surface area contributed by atoms with Crippen LogP contribution in [-0.4, -0.2) is 30.5 Å². The molecule has 0 unspecified atom stereocenters. The molecule has 6 nitrogen and oxygen atoms in total. The van der Waals surface area contributed by atoms with Gasteiger partial charge in [-0.3, -0.25) is 4.98 Å². The molecule has 2 aliphatic rings. The van der Waals surface area contributed by atoms with E-state index in [1.165, 1.54) is 16.6 Å². The van der Waals surface area contributed by atoms with Crippen molar-refractivity contribution in [1.29, 1.82) is 0 Å². The van der Waals surface area contributed by atoms with Crippen LogP contribution in [-0.2, 0) is 21.1 Å². The summed E-state index contributed by atoms with van der Waals surface area (Å²) in [5, 5.41) is 0. The van der Waals surface area contributed by atoms with E-state index in [4.69, 9.17) is 9.72 Å². The Bertz CT molecular complexity index is 1790. The largest absolute Gasteiger partial charge is 0.504 e. The first kappa shape index (κ1) is 30.1. The minimum atomic E-state index is -0.0103. The first-order valence-corrected chi connectivity index (χ1v) is 14.9. The summed E-state index contributed by atoms with van der Waals surface area (Å²) in [4.78, 5) is 11.4. The standard InChI is InChI=1S/C36H35BN5O.Pt/c1-24(2)29-13-10-14-30(25(3)4)35(29)37-40(6)32-18-17-28(22-31(32)36-38-19-20-42(36)37)43-27-12-9-11-26(21-27)41-23-39(5)33-15-7-8-16-34(33)41;/h7-20,23-25H,1-6H3;/q-3;. The number of imidazole rings is 1. The number of rotatable bonds is 6. The fraction of sp³-hybridized carbons (Fsp3) is 0.222. The molecule has 0 amide bonds.